The van der Waals surface area contributed by atoms with Crippen molar-refractivity contribution in [1.82, 2.24) is 4.98 Å². The number of methoxy groups -OCH3 is 1. The Morgan fingerprint density at radius 2 is 1.86 bits per heavy atom. The van der Waals surface area contributed by atoms with Gasteiger partial charge in [-0.15, -0.1) is 0 Å². The molecule has 0 aliphatic carbocycles. The number of nitrogens with one attached hydrogen (secondary N) is 1. The van der Waals surface area contributed by atoms with E-state index in [1.54, 1.807) is 24.3 Å². The number of hydrogen-bond donors (Lipinski definition) is 2. The second kappa shape index (κ2) is 12.4. The van der Waals surface area contributed by atoms with Crippen LogP contribution < -0.4 is 14.4 Å². The standard InChI is InChI=1S/C23H20Cl2F3N3O4S/c1-35-15-4-2-13(3-5-15)12-14(26)9-11-31(36(33)34)18-7-6-17(24)21(20(18)28)30-23(32)16-8-10-29-22(25)19(16)27/h2-8,10,14H,9,11-12H2,1H3,(H,30,32)(H,33,34). The lowest BCUT2D eigenvalue weighted by molar-refractivity contribution is 0.102. The van der Waals surface area contributed by atoms with Crippen molar-refractivity contribution in [2.24, 2.45) is 0 Å². The Morgan fingerprint density at radius 1 is 1.17 bits per heavy atom. The molecule has 0 radical (unpaired) electrons. The van der Waals surface area contributed by atoms with Gasteiger partial charge in [0.25, 0.3) is 17.2 Å². The minimum atomic E-state index is -2.73. The Bertz CT molecular complexity index is 1270. The Labute approximate surface area is 217 Å². The van der Waals surface area contributed by atoms with Crippen molar-refractivity contribution < 1.29 is 31.5 Å². The van der Waals surface area contributed by atoms with Crippen molar-refractivity contribution in [3.8, 4) is 5.75 Å². The zero-order valence-electron chi connectivity index (χ0n) is 18.7. The van der Waals surface area contributed by atoms with Gasteiger partial charge in [-0.3, -0.25) is 13.7 Å². The first-order chi connectivity index (χ1) is 17.1. The molecule has 1 amide bonds. The topological polar surface area (TPSA) is 91.8 Å². The van der Waals surface area contributed by atoms with E-state index in [-0.39, 0.29) is 24.4 Å². The lowest BCUT2D eigenvalue weighted by Crippen LogP contribution is -2.30. The Hall–Kier alpha value is -2.86. The van der Waals surface area contributed by atoms with Gasteiger partial charge in [-0.05, 0) is 42.3 Å². The predicted octanol–water partition coefficient (Wildman–Crippen LogP) is 5.84. The number of ether oxygens (including phenoxy) is 1. The number of carbonyl (C=O) groups excluding carboxylic acids is 1. The molecule has 0 aliphatic rings. The summed E-state index contributed by atoms with van der Waals surface area (Å²) >= 11 is 8.86. The first-order valence-electron chi connectivity index (χ1n) is 10.4. The third kappa shape index (κ3) is 6.67. The maximum atomic E-state index is 15.3. The van der Waals surface area contributed by atoms with Crippen molar-refractivity contribution in [2.45, 2.75) is 19.0 Å². The van der Waals surface area contributed by atoms with E-state index < -0.39 is 57.1 Å². The van der Waals surface area contributed by atoms with Gasteiger partial charge in [-0.2, -0.15) is 0 Å². The van der Waals surface area contributed by atoms with Gasteiger partial charge < -0.3 is 10.1 Å². The molecule has 1 heterocycles. The highest BCUT2D eigenvalue weighted by Crippen LogP contribution is 2.34. The van der Waals surface area contributed by atoms with E-state index in [9.17, 15) is 22.3 Å². The SMILES string of the molecule is COc1ccc(CC(F)CCN(c2ccc(Cl)c(NC(=O)c3ccnc(Cl)c3F)c2F)S(=O)O)cc1. The average molecular weight is 562 g/mol. The summed E-state index contributed by atoms with van der Waals surface area (Å²) in [6.07, 6.45) is -0.494. The Kier molecular flexibility index (Phi) is 9.55. The molecule has 2 unspecified atom stereocenters. The first kappa shape index (κ1) is 27.7. The molecule has 0 saturated carbocycles. The van der Waals surface area contributed by atoms with Crippen molar-refractivity contribution in [3.63, 3.8) is 0 Å². The van der Waals surface area contributed by atoms with E-state index in [0.717, 1.165) is 18.3 Å². The first-order valence-corrected chi connectivity index (χ1v) is 12.2. The minimum Gasteiger partial charge on any atom is -0.497 e. The molecule has 0 bridgehead atoms. The van der Waals surface area contributed by atoms with Gasteiger partial charge in [-0.25, -0.2) is 22.4 Å². The third-order valence-corrected chi connectivity index (χ3v) is 6.45. The Balaban J connectivity index is 1.77. The molecule has 7 nitrogen and oxygen atoms in total. The summed E-state index contributed by atoms with van der Waals surface area (Å²) in [6, 6.07) is 10.1. The van der Waals surface area contributed by atoms with Crippen LogP contribution in [-0.4, -0.2) is 39.5 Å². The molecular formula is C23H20Cl2F3N3O4S. The maximum absolute atomic E-state index is 15.3. The fourth-order valence-corrected chi connectivity index (χ4v) is 4.20. The van der Waals surface area contributed by atoms with Crippen molar-refractivity contribution in [1.29, 1.82) is 0 Å². The van der Waals surface area contributed by atoms with E-state index in [0.29, 0.717) is 15.6 Å². The van der Waals surface area contributed by atoms with Gasteiger partial charge in [0.1, 0.15) is 11.9 Å². The van der Waals surface area contributed by atoms with E-state index in [1.807, 2.05) is 0 Å². The number of halogens is 5. The minimum absolute atomic E-state index is 0.0281. The molecule has 0 spiro atoms. The van der Waals surface area contributed by atoms with Crippen molar-refractivity contribution >= 4 is 51.8 Å². The Morgan fingerprint density at radius 3 is 2.50 bits per heavy atom. The second-order valence-corrected chi connectivity index (χ2v) is 9.11. The van der Waals surface area contributed by atoms with Gasteiger partial charge in [0.05, 0.1) is 29.1 Å². The second-order valence-electron chi connectivity index (χ2n) is 7.44. The monoisotopic (exact) mass is 561 g/mol. The number of rotatable bonds is 10. The quantitative estimate of drug-likeness (QED) is 0.239. The zero-order chi connectivity index (χ0) is 26.4. The number of amides is 1. The molecule has 0 saturated heterocycles. The molecular weight excluding hydrogens is 542 g/mol. The van der Waals surface area contributed by atoms with Crippen LogP contribution >= 0.6 is 23.2 Å². The summed E-state index contributed by atoms with van der Waals surface area (Å²) < 4.78 is 71.5. The van der Waals surface area contributed by atoms with Crippen LogP contribution in [0.5, 0.6) is 5.75 Å². The maximum Gasteiger partial charge on any atom is 0.261 e. The number of nitrogens with zero attached hydrogens (tertiary/aromatic N) is 2. The van der Waals surface area contributed by atoms with Crippen LogP contribution in [-0.2, 0) is 17.7 Å². The fraction of sp³-hybridized carbons (Fsp3) is 0.217. The highest BCUT2D eigenvalue weighted by molar-refractivity contribution is 7.80. The van der Waals surface area contributed by atoms with Gasteiger partial charge >= 0.3 is 0 Å². The molecule has 2 N–H and O–H groups in total. The number of hydrogen-bond acceptors (Lipinski definition) is 4. The normalized spacial score (nSPS) is 12.6. The van der Waals surface area contributed by atoms with Crippen LogP contribution in [0.25, 0.3) is 0 Å². The number of benzene rings is 2. The molecule has 36 heavy (non-hydrogen) atoms. The predicted molar refractivity (Wildman–Crippen MR) is 133 cm³/mol. The largest absolute Gasteiger partial charge is 0.497 e. The van der Waals surface area contributed by atoms with Crippen LogP contribution in [0.4, 0.5) is 24.5 Å². The summed E-state index contributed by atoms with van der Waals surface area (Å²) in [4.78, 5) is 16.0. The summed E-state index contributed by atoms with van der Waals surface area (Å²) in [5, 5.41) is 1.33. The third-order valence-electron chi connectivity index (χ3n) is 5.12. The molecule has 0 aliphatic heterocycles. The average Bonchev–Trinajstić information content (AvgIpc) is 2.84. The van der Waals surface area contributed by atoms with Crippen LogP contribution in [0.3, 0.4) is 0 Å². The summed E-state index contributed by atoms with van der Waals surface area (Å²) in [5.41, 5.74) is -0.805. The lowest BCUT2D eigenvalue weighted by atomic mass is 10.1. The number of alkyl halides is 1. The molecule has 2 atom stereocenters. The lowest BCUT2D eigenvalue weighted by Gasteiger charge is -2.23. The summed E-state index contributed by atoms with van der Waals surface area (Å²) in [6.45, 7) is -0.332. The van der Waals surface area contributed by atoms with E-state index >= 15 is 4.39 Å². The summed E-state index contributed by atoms with van der Waals surface area (Å²) in [7, 11) is 1.51. The van der Waals surface area contributed by atoms with E-state index in [4.69, 9.17) is 27.9 Å². The molecule has 3 rings (SSSR count). The van der Waals surface area contributed by atoms with E-state index in [1.165, 1.54) is 13.2 Å². The van der Waals surface area contributed by atoms with Crippen molar-refractivity contribution in [3.05, 3.63) is 81.6 Å². The van der Waals surface area contributed by atoms with Gasteiger partial charge in [0.15, 0.2) is 16.8 Å². The van der Waals surface area contributed by atoms with Gasteiger partial charge in [0.2, 0.25) is 0 Å². The number of anilines is 2. The summed E-state index contributed by atoms with van der Waals surface area (Å²) in [5.74, 6) is -2.74. The molecule has 192 valence electrons. The van der Waals surface area contributed by atoms with E-state index in [2.05, 4.69) is 10.3 Å². The molecule has 1 aromatic heterocycles. The van der Waals surface area contributed by atoms with Gasteiger partial charge in [0, 0.05) is 19.2 Å². The number of aromatic nitrogens is 1. The molecule has 2 aromatic carbocycles. The fourth-order valence-electron chi connectivity index (χ4n) is 3.28. The zero-order valence-corrected chi connectivity index (χ0v) is 21.0. The van der Waals surface area contributed by atoms with Crippen molar-refractivity contribution in [2.75, 3.05) is 23.3 Å². The highest BCUT2D eigenvalue weighted by atomic mass is 35.5. The van der Waals surface area contributed by atoms with Crippen LogP contribution in [0.1, 0.15) is 22.3 Å². The van der Waals surface area contributed by atoms with Gasteiger partial charge in [-0.1, -0.05) is 35.3 Å². The smallest absolute Gasteiger partial charge is 0.261 e. The van der Waals surface area contributed by atoms with Crippen LogP contribution in [0, 0.1) is 11.6 Å². The number of pyridine rings is 1. The molecule has 13 heteroatoms. The molecule has 0 fully saturated rings. The number of carbonyl (C=O) groups is 1. The molecule has 3 aromatic rings. The highest BCUT2D eigenvalue weighted by Gasteiger charge is 2.24. The van der Waals surface area contributed by atoms with Crippen LogP contribution in [0.15, 0.2) is 48.7 Å². The van der Waals surface area contributed by atoms with Crippen LogP contribution in [0.2, 0.25) is 10.2 Å².